The van der Waals surface area contributed by atoms with Gasteiger partial charge in [0, 0.05) is 11.1 Å². The molecule has 1 unspecified atom stereocenters. The summed E-state index contributed by atoms with van der Waals surface area (Å²) in [7, 11) is 4.85. The van der Waals surface area contributed by atoms with Crippen LogP contribution in [0.25, 0.3) is 5.57 Å². The molecule has 0 aromatic heterocycles. The molecule has 140 valence electrons. The van der Waals surface area contributed by atoms with Crippen LogP contribution in [0.3, 0.4) is 0 Å². The lowest BCUT2D eigenvalue weighted by atomic mass is 9.92. The van der Waals surface area contributed by atoms with Gasteiger partial charge in [-0.2, -0.15) is 0 Å². The molecular formula is C22H23NO3S. The number of benzene rings is 2. The highest BCUT2D eigenvalue weighted by atomic mass is 32.2. The smallest absolute Gasteiger partial charge is 0.203 e. The van der Waals surface area contributed by atoms with E-state index in [9.17, 15) is 0 Å². The van der Waals surface area contributed by atoms with Gasteiger partial charge in [-0.1, -0.05) is 24.3 Å². The summed E-state index contributed by atoms with van der Waals surface area (Å²) in [6.07, 6.45) is 9.94. The maximum absolute atomic E-state index is 5.52. The van der Waals surface area contributed by atoms with Crippen molar-refractivity contribution in [2.45, 2.75) is 10.9 Å². The van der Waals surface area contributed by atoms with Gasteiger partial charge in [0.2, 0.25) is 5.75 Å². The predicted molar refractivity (Wildman–Crippen MR) is 113 cm³/mol. The molecule has 4 nitrogen and oxygen atoms in total. The van der Waals surface area contributed by atoms with E-state index in [1.54, 1.807) is 33.1 Å². The molecule has 0 radical (unpaired) electrons. The zero-order valence-corrected chi connectivity index (χ0v) is 16.7. The molecule has 2 aromatic rings. The minimum Gasteiger partial charge on any atom is -0.493 e. The Balaban J connectivity index is 2.10. The number of aliphatic imine (C=N–C) groups is 1. The second kappa shape index (κ2) is 8.82. The van der Waals surface area contributed by atoms with Crippen molar-refractivity contribution < 1.29 is 14.2 Å². The van der Waals surface area contributed by atoms with Crippen LogP contribution in [0.4, 0.5) is 0 Å². The Morgan fingerprint density at radius 2 is 1.56 bits per heavy atom. The third-order valence-electron chi connectivity index (χ3n) is 4.43. The van der Waals surface area contributed by atoms with Crippen molar-refractivity contribution in [1.82, 2.24) is 0 Å². The summed E-state index contributed by atoms with van der Waals surface area (Å²) in [6, 6.07) is 12.3. The third kappa shape index (κ3) is 4.03. The Morgan fingerprint density at radius 3 is 2.11 bits per heavy atom. The fraction of sp³-hybridized carbons (Fsp3) is 0.227. The molecule has 1 aliphatic heterocycles. The average Bonchev–Trinajstić information content (AvgIpc) is 2.98. The summed E-state index contributed by atoms with van der Waals surface area (Å²) in [4.78, 5) is 5.99. The zero-order chi connectivity index (χ0) is 19.2. The number of nitrogens with zero attached hydrogens (tertiary/aromatic N) is 1. The van der Waals surface area contributed by atoms with Crippen molar-refractivity contribution in [2.75, 3.05) is 27.6 Å². The minimum atomic E-state index is -0.112. The molecule has 0 spiro atoms. The van der Waals surface area contributed by atoms with Crippen molar-refractivity contribution in [1.29, 1.82) is 0 Å². The van der Waals surface area contributed by atoms with Gasteiger partial charge in [0.25, 0.3) is 0 Å². The second-order valence-corrected chi connectivity index (χ2v) is 6.77. The number of thioether (sulfide) groups is 1. The predicted octanol–water partition coefficient (Wildman–Crippen LogP) is 5.20. The minimum absolute atomic E-state index is 0.112. The van der Waals surface area contributed by atoms with Gasteiger partial charge in [-0.05, 0) is 53.3 Å². The molecule has 0 bridgehead atoms. The normalized spacial score (nSPS) is 15.9. The summed E-state index contributed by atoms with van der Waals surface area (Å²) >= 11 is 1.73. The Hall–Kier alpha value is -2.66. The van der Waals surface area contributed by atoms with E-state index in [2.05, 4.69) is 36.6 Å². The van der Waals surface area contributed by atoms with Gasteiger partial charge in [-0.25, -0.2) is 0 Å². The summed E-state index contributed by atoms with van der Waals surface area (Å²) in [6.45, 7) is 0. The third-order valence-corrected chi connectivity index (χ3v) is 5.18. The Morgan fingerprint density at radius 1 is 0.889 bits per heavy atom. The maximum atomic E-state index is 5.52. The lowest BCUT2D eigenvalue weighted by Crippen LogP contribution is -2.02. The highest BCUT2D eigenvalue weighted by Gasteiger charge is 2.21. The fourth-order valence-corrected chi connectivity index (χ4v) is 3.48. The lowest BCUT2D eigenvalue weighted by Gasteiger charge is -2.20. The molecule has 5 heteroatoms. The topological polar surface area (TPSA) is 40.0 Å². The number of hydrogen-bond donors (Lipinski definition) is 0. The molecule has 0 aliphatic carbocycles. The second-order valence-electron chi connectivity index (χ2n) is 5.89. The number of hydrogen-bond acceptors (Lipinski definition) is 5. The van der Waals surface area contributed by atoms with E-state index in [4.69, 9.17) is 19.2 Å². The molecule has 0 saturated heterocycles. The molecule has 2 aromatic carbocycles. The molecule has 0 saturated carbocycles. The molecular weight excluding hydrogens is 358 g/mol. The van der Waals surface area contributed by atoms with Crippen LogP contribution in [-0.4, -0.2) is 33.8 Å². The van der Waals surface area contributed by atoms with E-state index in [-0.39, 0.29) is 6.04 Å². The van der Waals surface area contributed by atoms with Crippen molar-refractivity contribution >= 4 is 23.5 Å². The van der Waals surface area contributed by atoms with E-state index in [0.29, 0.717) is 17.2 Å². The van der Waals surface area contributed by atoms with Crippen molar-refractivity contribution in [2.24, 2.45) is 4.99 Å². The van der Waals surface area contributed by atoms with Crippen LogP contribution in [0.5, 0.6) is 17.2 Å². The molecule has 1 aliphatic rings. The standard InChI is InChI=1S/C22H23NO3S/c1-24-19-13-16(14-20(25-2)22(19)26-3)18-7-5-6-12-23-21(18)15-8-10-17(27-4)11-9-15/h5-14,21H,1-4H3. The van der Waals surface area contributed by atoms with Crippen LogP contribution in [0.2, 0.25) is 0 Å². The van der Waals surface area contributed by atoms with Crippen molar-refractivity contribution in [3.63, 3.8) is 0 Å². The first-order valence-corrected chi connectivity index (χ1v) is 9.78. The Labute approximate surface area is 164 Å². The molecule has 0 N–H and O–H groups in total. The first-order chi connectivity index (χ1) is 13.2. The molecule has 1 heterocycles. The van der Waals surface area contributed by atoms with E-state index in [0.717, 1.165) is 16.7 Å². The van der Waals surface area contributed by atoms with E-state index >= 15 is 0 Å². The number of allylic oxidation sites excluding steroid dienone is 3. The van der Waals surface area contributed by atoms with Crippen LogP contribution in [0.15, 0.2) is 64.5 Å². The quantitative estimate of drug-likeness (QED) is 0.645. The Bertz CT molecular complexity index is 860. The van der Waals surface area contributed by atoms with E-state index in [1.165, 1.54) is 4.90 Å². The van der Waals surface area contributed by atoms with Gasteiger partial charge in [-0.15, -0.1) is 11.8 Å². The SMILES string of the molecule is COc1cc(C2=CC=CC=NC2c2ccc(SC)cc2)cc(OC)c1OC. The van der Waals surface area contributed by atoms with Crippen LogP contribution in [0, 0.1) is 0 Å². The van der Waals surface area contributed by atoms with Crippen LogP contribution < -0.4 is 14.2 Å². The first kappa shape index (κ1) is 19.1. The van der Waals surface area contributed by atoms with Gasteiger partial charge < -0.3 is 14.2 Å². The first-order valence-electron chi connectivity index (χ1n) is 8.56. The van der Waals surface area contributed by atoms with Crippen LogP contribution in [-0.2, 0) is 0 Å². The molecule has 0 fully saturated rings. The summed E-state index contributed by atoms with van der Waals surface area (Å²) in [5, 5.41) is 0. The summed E-state index contributed by atoms with van der Waals surface area (Å²) in [5.74, 6) is 1.83. The average molecular weight is 381 g/mol. The fourth-order valence-electron chi connectivity index (χ4n) is 3.07. The van der Waals surface area contributed by atoms with E-state index in [1.807, 2.05) is 30.5 Å². The van der Waals surface area contributed by atoms with E-state index < -0.39 is 0 Å². The van der Waals surface area contributed by atoms with Gasteiger partial charge in [0.1, 0.15) is 6.04 Å². The largest absolute Gasteiger partial charge is 0.493 e. The van der Waals surface area contributed by atoms with Gasteiger partial charge >= 0.3 is 0 Å². The zero-order valence-electron chi connectivity index (χ0n) is 15.9. The van der Waals surface area contributed by atoms with Gasteiger partial charge in [0.05, 0.1) is 21.3 Å². The Kier molecular flexibility index (Phi) is 6.24. The number of ether oxygens (including phenoxy) is 3. The maximum Gasteiger partial charge on any atom is 0.203 e. The van der Waals surface area contributed by atoms with Crippen molar-refractivity contribution in [3.8, 4) is 17.2 Å². The monoisotopic (exact) mass is 381 g/mol. The summed E-state index contributed by atoms with van der Waals surface area (Å²) < 4.78 is 16.5. The summed E-state index contributed by atoms with van der Waals surface area (Å²) in [5.41, 5.74) is 3.18. The number of rotatable bonds is 6. The van der Waals surface area contributed by atoms with Crippen LogP contribution >= 0.6 is 11.8 Å². The number of methoxy groups -OCH3 is 3. The van der Waals surface area contributed by atoms with Crippen LogP contribution in [0.1, 0.15) is 17.2 Å². The van der Waals surface area contributed by atoms with Gasteiger partial charge in [-0.3, -0.25) is 4.99 Å². The molecule has 27 heavy (non-hydrogen) atoms. The lowest BCUT2D eigenvalue weighted by molar-refractivity contribution is 0.324. The molecule has 1 atom stereocenters. The van der Waals surface area contributed by atoms with Crippen molar-refractivity contribution in [3.05, 3.63) is 65.8 Å². The highest BCUT2D eigenvalue weighted by Crippen LogP contribution is 2.43. The molecule has 3 rings (SSSR count). The van der Waals surface area contributed by atoms with Gasteiger partial charge in [0.15, 0.2) is 11.5 Å². The molecule has 0 amide bonds. The highest BCUT2D eigenvalue weighted by molar-refractivity contribution is 7.98.